The zero-order valence-electron chi connectivity index (χ0n) is 13.8. The van der Waals surface area contributed by atoms with E-state index in [1.54, 1.807) is 16.6 Å². The highest BCUT2D eigenvalue weighted by Crippen LogP contribution is 2.26. The lowest BCUT2D eigenvalue weighted by atomic mass is 10.1. The van der Waals surface area contributed by atoms with E-state index in [1.165, 1.54) is 23.5 Å². The van der Waals surface area contributed by atoms with E-state index < -0.39 is 0 Å². The van der Waals surface area contributed by atoms with Gasteiger partial charge in [0.15, 0.2) is 10.8 Å². The molecule has 0 N–H and O–H groups in total. The van der Waals surface area contributed by atoms with E-state index in [0.29, 0.717) is 22.2 Å². The molecule has 0 fully saturated rings. The number of ether oxygens (including phenoxy) is 1. The van der Waals surface area contributed by atoms with Crippen LogP contribution in [0.2, 0.25) is 5.02 Å². The molecule has 4 aromatic rings. The number of rotatable bonds is 5. The summed E-state index contributed by atoms with van der Waals surface area (Å²) >= 11 is 7.34. The lowest BCUT2D eigenvalue weighted by molar-refractivity contribution is 0.224. The Balaban J connectivity index is 1.54. The van der Waals surface area contributed by atoms with Crippen LogP contribution in [-0.2, 0) is 6.42 Å². The molecule has 0 unspecified atom stereocenters. The van der Waals surface area contributed by atoms with E-state index in [0.717, 1.165) is 16.4 Å². The molecule has 2 aromatic carbocycles. The smallest absolute Gasteiger partial charge is 0.234 e. The molecule has 132 valence electrons. The zero-order valence-corrected chi connectivity index (χ0v) is 15.3. The lowest BCUT2D eigenvalue weighted by Crippen LogP contribution is -2.05. The highest BCUT2D eigenvalue weighted by Gasteiger charge is 2.17. The zero-order chi connectivity index (χ0) is 18.1. The minimum Gasteiger partial charge on any atom is -0.483 e. The second-order valence-electron chi connectivity index (χ2n) is 5.77. The van der Waals surface area contributed by atoms with Crippen LogP contribution in [0.15, 0.2) is 48.5 Å². The van der Waals surface area contributed by atoms with E-state index in [9.17, 15) is 4.39 Å². The molecule has 0 radical (unpaired) electrons. The maximum Gasteiger partial charge on any atom is 0.234 e. The predicted octanol–water partition coefficient (Wildman–Crippen LogP) is 4.71. The number of benzene rings is 2. The molecule has 1 atom stereocenters. The fourth-order valence-electron chi connectivity index (χ4n) is 2.50. The summed E-state index contributed by atoms with van der Waals surface area (Å²) in [5.74, 6) is 1.04. The van der Waals surface area contributed by atoms with Crippen molar-refractivity contribution in [1.29, 1.82) is 0 Å². The minimum atomic E-state index is -0.296. The third kappa shape index (κ3) is 3.54. The molecular weight excluding hydrogens is 375 g/mol. The van der Waals surface area contributed by atoms with Crippen molar-refractivity contribution in [2.24, 2.45) is 0 Å². The van der Waals surface area contributed by atoms with Gasteiger partial charge in [0.2, 0.25) is 4.96 Å². The molecule has 0 aliphatic heterocycles. The van der Waals surface area contributed by atoms with Crippen molar-refractivity contribution < 1.29 is 9.13 Å². The molecule has 5 nitrogen and oxygen atoms in total. The predicted molar refractivity (Wildman–Crippen MR) is 98.4 cm³/mol. The summed E-state index contributed by atoms with van der Waals surface area (Å²) in [7, 11) is 0. The van der Waals surface area contributed by atoms with Crippen LogP contribution >= 0.6 is 22.9 Å². The first-order valence-electron chi connectivity index (χ1n) is 7.96. The van der Waals surface area contributed by atoms with Gasteiger partial charge >= 0.3 is 0 Å². The molecule has 0 aliphatic rings. The van der Waals surface area contributed by atoms with Gasteiger partial charge in [0.1, 0.15) is 17.7 Å². The fourth-order valence-corrected chi connectivity index (χ4v) is 3.46. The number of halogens is 2. The van der Waals surface area contributed by atoms with Crippen LogP contribution in [0.4, 0.5) is 4.39 Å². The summed E-state index contributed by atoms with van der Waals surface area (Å²) in [6, 6.07) is 13.5. The van der Waals surface area contributed by atoms with Crippen molar-refractivity contribution in [2.75, 3.05) is 0 Å². The molecule has 0 bridgehead atoms. The van der Waals surface area contributed by atoms with Crippen molar-refractivity contribution in [1.82, 2.24) is 19.8 Å². The van der Waals surface area contributed by atoms with Crippen LogP contribution in [0.3, 0.4) is 0 Å². The van der Waals surface area contributed by atoms with Gasteiger partial charge in [-0.25, -0.2) is 4.39 Å². The summed E-state index contributed by atoms with van der Waals surface area (Å²) in [6.07, 6.45) is 0.324. The van der Waals surface area contributed by atoms with Gasteiger partial charge in [0.25, 0.3) is 0 Å². The Bertz CT molecular complexity index is 1030. The summed E-state index contributed by atoms with van der Waals surface area (Å²) < 4.78 is 20.6. The van der Waals surface area contributed by atoms with E-state index in [-0.39, 0.29) is 11.9 Å². The average Bonchev–Trinajstić information content (AvgIpc) is 3.21. The second-order valence-corrected chi connectivity index (χ2v) is 7.19. The molecule has 2 aromatic heterocycles. The van der Waals surface area contributed by atoms with E-state index in [1.807, 2.05) is 31.2 Å². The van der Waals surface area contributed by atoms with Gasteiger partial charge in [-0.05, 0) is 48.9 Å². The van der Waals surface area contributed by atoms with E-state index in [2.05, 4.69) is 15.3 Å². The summed E-state index contributed by atoms with van der Waals surface area (Å²) in [4.78, 5) is 0.707. The minimum absolute atomic E-state index is 0.282. The largest absolute Gasteiger partial charge is 0.483 e. The van der Waals surface area contributed by atoms with Gasteiger partial charge < -0.3 is 4.74 Å². The Morgan fingerprint density at radius 2 is 1.85 bits per heavy atom. The summed E-state index contributed by atoms with van der Waals surface area (Å²) in [5.41, 5.74) is 1.08. The second kappa shape index (κ2) is 7.01. The summed E-state index contributed by atoms with van der Waals surface area (Å²) in [5, 5.41) is 14.5. The lowest BCUT2D eigenvalue weighted by Gasteiger charge is -2.11. The van der Waals surface area contributed by atoms with Gasteiger partial charge in [-0.3, -0.25) is 0 Å². The van der Waals surface area contributed by atoms with E-state index in [4.69, 9.17) is 16.3 Å². The van der Waals surface area contributed by atoms with Gasteiger partial charge in [-0.1, -0.05) is 35.1 Å². The molecule has 0 amide bonds. The number of hydrogen-bond acceptors (Lipinski definition) is 5. The maximum atomic E-state index is 13.0. The monoisotopic (exact) mass is 388 g/mol. The summed E-state index contributed by atoms with van der Waals surface area (Å²) in [6.45, 7) is 1.90. The molecule has 8 heteroatoms. The highest BCUT2D eigenvalue weighted by molar-refractivity contribution is 7.16. The first-order valence-corrected chi connectivity index (χ1v) is 9.15. The van der Waals surface area contributed by atoms with Crippen molar-refractivity contribution in [3.8, 4) is 5.75 Å². The molecule has 0 aliphatic carbocycles. The van der Waals surface area contributed by atoms with Crippen LogP contribution in [-0.4, -0.2) is 19.8 Å². The quantitative estimate of drug-likeness (QED) is 0.497. The molecule has 26 heavy (non-hydrogen) atoms. The molecule has 0 spiro atoms. The van der Waals surface area contributed by atoms with Crippen LogP contribution in [0, 0.1) is 5.82 Å². The number of nitrogens with zero attached hydrogens (tertiary/aromatic N) is 4. The van der Waals surface area contributed by atoms with Gasteiger partial charge in [0, 0.05) is 11.4 Å². The third-order valence-corrected chi connectivity index (χ3v) is 5.13. The van der Waals surface area contributed by atoms with Gasteiger partial charge in [0.05, 0.1) is 0 Å². The molecule has 4 rings (SSSR count). The SMILES string of the molecule is C[C@H](Oc1ccc(F)cc1)c1nn2c(Cc3ccc(Cl)cc3)nnc2s1. The normalized spacial score (nSPS) is 12.4. The van der Waals surface area contributed by atoms with Crippen molar-refractivity contribution in [3.05, 3.63) is 75.8 Å². The van der Waals surface area contributed by atoms with Crippen LogP contribution in [0.1, 0.15) is 29.4 Å². The van der Waals surface area contributed by atoms with Crippen molar-refractivity contribution >= 4 is 27.9 Å². The highest BCUT2D eigenvalue weighted by atomic mass is 35.5. The topological polar surface area (TPSA) is 52.3 Å². The average molecular weight is 389 g/mol. The Kier molecular flexibility index (Phi) is 4.57. The van der Waals surface area contributed by atoms with Crippen LogP contribution in [0.25, 0.3) is 4.96 Å². The van der Waals surface area contributed by atoms with Gasteiger partial charge in [-0.2, -0.15) is 9.61 Å². The third-order valence-electron chi connectivity index (χ3n) is 3.82. The molecule has 0 saturated carbocycles. The van der Waals surface area contributed by atoms with Crippen molar-refractivity contribution in [3.63, 3.8) is 0 Å². The van der Waals surface area contributed by atoms with Gasteiger partial charge in [-0.15, -0.1) is 10.2 Å². The van der Waals surface area contributed by atoms with Crippen LogP contribution in [0.5, 0.6) is 5.75 Å². The van der Waals surface area contributed by atoms with Crippen LogP contribution < -0.4 is 4.74 Å². The maximum absolute atomic E-state index is 13.0. The standard InChI is InChI=1S/C18H14ClFN4OS/c1-11(25-15-8-6-14(20)7-9-15)17-23-24-16(21-22-18(24)26-17)10-12-2-4-13(19)5-3-12/h2-9,11H,10H2,1H3/t11-/m0/s1. The molecule has 0 saturated heterocycles. The molecule has 2 heterocycles. The first-order chi connectivity index (χ1) is 12.6. The Labute approximate surface area is 158 Å². The van der Waals surface area contributed by atoms with E-state index >= 15 is 0 Å². The fraction of sp³-hybridized carbons (Fsp3) is 0.167. The number of fused-ring (bicyclic) bond motifs is 1. The Morgan fingerprint density at radius 1 is 1.12 bits per heavy atom. The first kappa shape index (κ1) is 16.9. The Hall–Kier alpha value is -2.51. The number of hydrogen-bond donors (Lipinski definition) is 0. The Morgan fingerprint density at radius 3 is 2.58 bits per heavy atom. The molecular formula is C18H14ClFN4OS. The number of aromatic nitrogens is 4. The van der Waals surface area contributed by atoms with Crippen molar-refractivity contribution in [2.45, 2.75) is 19.4 Å².